The van der Waals surface area contributed by atoms with Crippen LogP contribution >= 0.6 is 0 Å². The number of amides is 1. The van der Waals surface area contributed by atoms with Crippen molar-refractivity contribution in [3.05, 3.63) is 29.3 Å². The first-order valence-corrected chi connectivity index (χ1v) is 7.35. The van der Waals surface area contributed by atoms with Crippen molar-refractivity contribution in [1.82, 2.24) is 4.90 Å². The van der Waals surface area contributed by atoms with E-state index in [1.165, 1.54) is 0 Å². The van der Waals surface area contributed by atoms with Crippen LogP contribution in [-0.2, 0) is 9.47 Å². The molecule has 21 heavy (non-hydrogen) atoms. The van der Waals surface area contributed by atoms with E-state index >= 15 is 0 Å². The van der Waals surface area contributed by atoms with Crippen LogP contribution < -0.4 is 4.74 Å². The lowest BCUT2D eigenvalue weighted by atomic mass is 10.0. The van der Waals surface area contributed by atoms with E-state index in [1.54, 1.807) is 7.11 Å². The Morgan fingerprint density at radius 1 is 1.24 bits per heavy atom. The maximum atomic E-state index is 12.6. The number of methoxy groups -OCH3 is 1. The minimum atomic E-state index is -0.443. The van der Waals surface area contributed by atoms with Crippen LogP contribution in [0.4, 0.5) is 0 Å². The number of aryl methyl sites for hydroxylation is 1. The number of nitrogens with zero attached hydrogens (tertiary/aromatic N) is 1. The van der Waals surface area contributed by atoms with Crippen molar-refractivity contribution in [1.29, 1.82) is 0 Å². The summed E-state index contributed by atoms with van der Waals surface area (Å²) in [6.07, 6.45) is 1.48. The molecule has 0 radical (unpaired) electrons. The fourth-order valence-corrected chi connectivity index (χ4v) is 2.97. The highest BCUT2D eigenvalue weighted by Gasteiger charge is 2.40. The molecule has 0 N–H and O–H groups in total. The predicted octanol–water partition coefficient (Wildman–Crippen LogP) is 1.98. The largest absolute Gasteiger partial charge is 0.496 e. The molecule has 5 nitrogen and oxygen atoms in total. The summed E-state index contributed by atoms with van der Waals surface area (Å²) < 4.78 is 16.7. The first kappa shape index (κ1) is 14.4. The van der Waals surface area contributed by atoms with E-state index in [0.717, 1.165) is 24.2 Å². The molecule has 0 aromatic heterocycles. The van der Waals surface area contributed by atoms with Gasteiger partial charge in [0.15, 0.2) is 5.79 Å². The molecule has 5 heteroatoms. The summed E-state index contributed by atoms with van der Waals surface area (Å²) in [5, 5.41) is 0. The van der Waals surface area contributed by atoms with Gasteiger partial charge in [0.2, 0.25) is 0 Å². The SMILES string of the molecule is COc1cc(C(=O)N2CCC3(CC2)OCCO3)ccc1C. The third-order valence-electron chi connectivity index (χ3n) is 4.28. The Hall–Kier alpha value is -1.59. The van der Waals surface area contributed by atoms with E-state index in [4.69, 9.17) is 14.2 Å². The summed E-state index contributed by atoms with van der Waals surface area (Å²) in [6, 6.07) is 5.58. The van der Waals surface area contributed by atoms with Crippen LogP contribution in [0, 0.1) is 6.92 Å². The maximum Gasteiger partial charge on any atom is 0.253 e. The Labute approximate surface area is 124 Å². The molecule has 0 bridgehead atoms. The minimum absolute atomic E-state index is 0.0427. The number of carbonyl (C=O) groups excluding carboxylic acids is 1. The van der Waals surface area contributed by atoms with Crippen LogP contribution in [0.1, 0.15) is 28.8 Å². The number of hydrogen-bond donors (Lipinski definition) is 0. The van der Waals surface area contributed by atoms with Gasteiger partial charge in [0.1, 0.15) is 5.75 Å². The number of carbonyl (C=O) groups is 1. The third-order valence-corrected chi connectivity index (χ3v) is 4.28. The molecule has 1 amide bonds. The van der Waals surface area contributed by atoms with Crippen molar-refractivity contribution in [2.75, 3.05) is 33.4 Å². The van der Waals surface area contributed by atoms with Crippen molar-refractivity contribution >= 4 is 5.91 Å². The number of rotatable bonds is 2. The van der Waals surface area contributed by atoms with Gasteiger partial charge in [-0.1, -0.05) is 6.07 Å². The zero-order valence-corrected chi connectivity index (χ0v) is 12.6. The molecule has 1 aromatic rings. The molecule has 2 aliphatic heterocycles. The monoisotopic (exact) mass is 291 g/mol. The van der Waals surface area contributed by atoms with E-state index in [0.29, 0.717) is 31.9 Å². The smallest absolute Gasteiger partial charge is 0.253 e. The van der Waals surface area contributed by atoms with Crippen molar-refractivity contribution in [3.63, 3.8) is 0 Å². The molecule has 0 atom stereocenters. The minimum Gasteiger partial charge on any atom is -0.496 e. The van der Waals surface area contributed by atoms with Crippen molar-refractivity contribution in [3.8, 4) is 5.75 Å². The molecule has 1 spiro atoms. The Morgan fingerprint density at radius 2 is 1.90 bits per heavy atom. The highest BCUT2D eigenvalue weighted by molar-refractivity contribution is 5.94. The lowest BCUT2D eigenvalue weighted by Gasteiger charge is -2.37. The molecule has 0 saturated carbocycles. The summed E-state index contributed by atoms with van der Waals surface area (Å²) in [5.41, 5.74) is 1.70. The summed E-state index contributed by atoms with van der Waals surface area (Å²) in [7, 11) is 1.62. The van der Waals surface area contributed by atoms with Crippen LogP contribution in [0.5, 0.6) is 5.75 Å². The first-order chi connectivity index (χ1) is 10.1. The maximum absolute atomic E-state index is 12.6. The van der Waals surface area contributed by atoms with Gasteiger partial charge in [-0.3, -0.25) is 4.79 Å². The van der Waals surface area contributed by atoms with Gasteiger partial charge in [-0.15, -0.1) is 0 Å². The van der Waals surface area contributed by atoms with Crippen molar-refractivity contribution in [2.45, 2.75) is 25.6 Å². The molecule has 1 aromatic carbocycles. The topological polar surface area (TPSA) is 48.0 Å². The lowest BCUT2D eigenvalue weighted by molar-refractivity contribution is -0.181. The molecular formula is C16H21NO4. The van der Waals surface area contributed by atoms with Gasteiger partial charge < -0.3 is 19.1 Å². The molecule has 2 fully saturated rings. The zero-order chi connectivity index (χ0) is 14.9. The number of ether oxygens (including phenoxy) is 3. The number of likely N-dealkylation sites (tertiary alicyclic amines) is 1. The van der Waals surface area contributed by atoms with Crippen molar-refractivity contribution < 1.29 is 19.0 Å². The zero-order valence-electron chi connectivity index (χ0n) is 12.6. The van der Waals surface area contributed by atoms with Gasteiger partial charge in [0.05, 0.1) is 20.3 Å². The van der Waals surface area contributed by atoms with Crippen molar-refractivity contribution in [2.24, 2.45) is 0 Å². The summed E-state index contributed by atoms with van der Waals surface area (Å²) >= 11 is 0. The molecular weight excluding hydrogens is 270 g/mol. The van der Waals surface area contributed by atoms with Crippen LogP contribution in [0.15, 0.2) is 18.2 Å². The summed E-state index contributed by atoms with van der Waals surface area (Å²) in [4.78, 5) is 14.4. The number of piperidine rings is 1. The Bertz CT molecular complexity index is 527. The second kappa shape index (κ2) is 5.66. The molecule has 2 aliphatic rings. The van der Waals surface area contributed by atoms with E-state index in [1.807, 2.05) is 30.0 Å². The van der Waals surface area contributed by atoms with E-state index < -0.39 is 5.79 Å². The van der Waals surface area contributed by atoms with Gasteiger partial charge in [0, 0.05) is 31.5 Å². The number of hydrogen-bond acceptors (Lipinski definition) is 4. The van der Waals surface area contributed by atoms with Crippen LogP contribution in [0.25, 0.3) is 0 Å². The summed E-state index contributed by atoms with van der Waals surface area (Å²) in [5.74, 6) is 0.347. The second-order valence-electron chi connectivity index (χ2n) is 5.58. The van der Waals surface area contributed by atoms with Gasteiger partial charge in [0.25, 0.3) is 5.91 Å². The average Bonchev–Trinajstić information content (AvgIpc) is 2.96. The molecule has 0 unspecified atom stereocenters. The van der Waals surface area contributed by atoms with Gasteiger partial charge in [-0.2, -0.15) is 0 Å². The first-order valence-electron chi connectivity index (χ1n) is 7.35. The van der Waals surface area contributed by atoms with Crippen LogP contribution in [-0.4, -0.2) is 50.0 Å². The average molecular weight is 291 g/mol. The normalized spacial score (nSPS) is 20.8. The molecule has 0 aliphatic carbocycles. The fourth-order valence-electron chi connectivity index (χ4n) is 2.97. The Morgan fingerprint density at radius 3 is 2.52 bits per heavy atom. The van der Waals surface area contributed by atoms with Crippen LogP contribution in [0.2, 0.25) is 0 Å². The molecule has 114 valence electrons. The third kappa shape index (κ3) is 2.76. The molecule has 3 rings (SSSR count). The Balaban J connectivity index is 1.69. The number of benzene rings is 1. The van der Waals surface area contributed by atoms with Gasteiger partial charge in [-0.05, 0) is 24.6 Å². The highest BCUT2D eigenvalue weighted by Crippen LogP contribution is 2.32. The van der Waals surface area contributed by atoms with E-state index in [9.17, 15) is 4.79 Å². The van der Waals surface area contributed by atoms with E-state index in [2.05, 4.69) is 0 Å². The molecule has 2 heterocycles. The summed E-state index contributed by atoms with van der Waals surface area (Å²) in [6.45, 7) is 4.60. The van der Waals surface area contributed by atoms with Gasteiger partial charge in [-0.25, -0.2) is 0 Å². The van der Waals surface area contributed by atoms with E-state index in [-0.39, 0.29) is 5.91 Å². The standard InChI is InChI=1S/C16H21NO4/c1-12-3-4-13(11-14(12)19-2)15(18)17-7-5-16(6-8-17)20-9-10-21-16/h3-4,11H,5-10H2,1-2H3. The predicted molar refractivity (Wildman–Crippen MR) is 77.5 cm³/mol. The Kier molecular flexibility index (Phi) is 3.87. The fraction of sp³-hybridized carbons (Fsp3) is 0.562. The second-order valence-corrected chi connectivity index (χ2v) is 5.58. The molecule has 2 saturated heterocycles. The van der Waals surface area contributed by atoms with Gasteiger partial charge >= 0.3 is 0 Å². The highest BCUT2D eigenvalue weighted by atomic mass is 16.7. The van der Waals surface area contributed by atoms with Crippen LogP contribution in [0.3, 0.4) is 0 Å². The quantitative estimate of drug-likeness (QED) is 0.836. The lowest BCUT2D eigenvalue weighted by Crippen LogP contribution is -2.47.